The quantitative estimate of drug-likeness (QED) is 0.898. The normalized spacial score (nSPS) is 22.2. The van der Waals surface area contributed by atoms with Gasteiger partial charge in [-0.2, -0.15) is 0 Å². The van der Waals surface area contributed by atoms with E-state index in [0.717, 1.165) is 35.9 Å². The number of aromatic amines is 1. The monoisotopic (exact) mass is 272 g/mol. The molecule has 1 aromatic carbocycles. The molecule has 1 aliphatic rings. The number of carbonyl (C=O) groups is 1. The van der Waals surface area contributed by atoms with Crippen LogP contribution < -0.4 is 5.32 Å². The van der Waals surface area contributed by atoms with E-state index in [1.54, 1.807) is 0 Å². The van der Waals surface area contributed by atoms with Crippen LogP contribution in [0.25, 0.3) is 10.9 Å². The first kappa shape index (κ1) is 13.2. The molecular weight excluding hydrogens is 252 g/mol. The summed E-state index contributed by atoms with van der Waals surface area (Å²) >= 11 is 0. The number of fused-ring (bicyclic) bond motifs is 1. The first-order valence-corrected chi connectivity index (χ1v) is 7.12. The van der Waals surface area contributed by atoms with E-state index in [2.05, 4.69) is 17.2 Å². The minimum Gasteiger partial charge on any atom is -0.373 e. The molecule has 20 heavy (non-hydrogen) atoms. The van der Waals surface area contributed by atoms with E-state index >= 15 is 0 Å². The van der Waals surface area contributed by atoms with E-state index in [0.29, 0.717) is 13.0 Å². The number of rotatable bonds is 4. The molecule has 2 N–H and O–H groups in total. The average Bonchev–Trinajstić information content (AvgIpc) is 3.05. The maximum Gasteiger partial charge on any atom is 0.224 e. The highest BCUT2D eigenvalue weighted by molar-refractivity contribution is 5.88. The van der Waals surface area contributed by atoms with Crippen molar-refractivity contribution in [1.29, 1.82) is 0 Å². The van der Waals surface area contributed by atoms with Crippen molar-refractivity contribution in [3.8, 4) is 0 Å². The molecule has 0 aliphatic carbocycles. The van der Waals surface area contributed by atoms with Gasteiger partial charge in [0.2, 0.25) is 5.91 Å². The van der Waals surface area contributed by atoms with Crippen molar-refractivity contribution in [2.45, 2.75) is 31.8 Å². The van der Waals surface area contributed by atoms with Crippen LogP contribution in [0.1, 0.15) is 25.3 Å². The summed E-state index contributed by atoms with van der Waals surface area (Å²) in [5.74, 6) is 0.0477. The van der Waals surface area contributed by atoms with Crippen molar-refractivity contribution < 1.29 is 9.53 Å². The standard InChI is InChI=1S/C16H20N2O2/c1-16(7-4-8-20-16)11-18-15(19)9-12-10-17-14-6-3-2-5-13(12)14/h2-3,5-6,10,17H,4,7-9,11H2,1H3,(H,18,19). The Bertz CT molecular complexity index is 612. The summed E-state index contributed by atoms with van der Waals surface area (Å²) in [6.07, 6.45) is 4.41. The van der Waals surface area contributed by atoms with Gasteiger partial charge in [0.05, 0.1) is 12.0 Å². The molecule has 106 valence electrons. The molecule has 0 bridgehead atoms. The van der Waals surface area contributed by atoms with Gasteiger partial charge in [0.15, 0.2) is 0 Å². The van der Waals surface area contributed by atoms with Gasteiger partial charge >= 0.3 is 0 Å². The molecule has 1 aliphatic heterocycles. The number of H-pyrrole nitrogens is 1. The molecular formula is C16H20N2O2. The minimum absolute atomic E-state index is 0.0477. The number of nitrogens with one attached hydrogen (secondary N) is 2. The molecule has 1 amide bonds. The predicted molar refractivity (Wildman–Crippen MR) is 78.6 cm³/mol. The lowest BCUT2D eigenvalue weighted by Gasteiger charge is -2.23. The van der Waals surface area contributed by atoms with Gasteiger partial charge in [-0.3, -0.25) is 4.79 Å². The highest BCUT2D eigenvalue weighted by atomic mass is 16.5. The maximum atomic E-state index is 12.1. The molecule has 1 atom stereocenters. The molecule has 2 aromatic rings. The van der Waals surface area contributed by atoms with E-state index in [9.17, 15) is 4.79 Å². The second-order valence-electron chi connectivity index (χ2n) is 5.71. The van der Waals surface area contributed by atoms with Gasteiger partial charge in [0.1, 0.15) is 0 Å². The van der Waals surface area contributed by atoms with Crippen molar-refractivity contribution >= 4 is 16.8 Å². The SMILES string of the molecule is CC1(CNC(=O)Cc2c[nH]c3ccccc23)CCCO1. The molecule has 0 spiro atoms. The summed E-state index contributed by atoms with van der Waals surface area (Å²) in [6, 6.07) is 8.03. The lowest BCUT2D eigenvalue weighted by Crippen LogP contribution is -2.40. The summed E-state index contributed by atoms with van der Waals surface area (Å²) in [6.45, 7) is 3.45. The largest absolute Gasteiger partial charge is 0.373 e. The highest BCUT2D eigenvalue weighted by Gasteiger charge is 2.29. The van der Waals surface area contributed by atoms with Crippen LogP contribution in [-0.2, 0) is 16.0 Å². The van der Waals surface area contributed by atoms with Crippen LogP contribution in [0.5, 0.6) is 0 Å². The van der Waals surface area contributed by atoms with E-state index in [4.69, 9.17) is 4.74 Å². The number of aromatic nitrogens is 1. The number of ether oxygens (including phenoxy) is 1. The van der Waals surface area contributed by atoms with Crippen LogP contribution in [0.4, 0.5) is 0 Å². The molecule has 4 heteroatoms. The number of hydrogen-bond acceptors (Lipinski definition) is 2. The third-order valence-corrected chi connectivity index (χ3v) is 3.99. The summed E-state index contributed by atoms with van der Waals surface area (Å²) in [7, 11) is 0. The van der Waals surface area contributed by atoms with Gasteiger partial charge in [0, 0.05) is 30.3 Å². The Morgan fingerprint density at radius 2 is 2.30 bits per heavy atom. The van der Waals surface area contributed by atoms with E-state index < -0.39 is 0 Å². The molecule has 1 fully saturated rings. The van der Waals surface area contributed by atoms with Crippen LogP contribution in [0.3, 0.4) is 0 Å². The Hall–Kier alpha value is -1.81. The second kappa shape index (κ2) is 5.29. The molecule has 2 heterocycles. The van der Waals surface area contributed by atoms with Gasteiger partial charge in [-0.1, -0.05) is 18.2 Å². The smallest absolute Gasteiger partial charge is 0.224 e. The number of para-hydroxylation sites is 1. The maximum absolute atomic E-state index is 12.1. The van der Waals surface area contributed by atoms with Gasteiger partial charge in [-0.15, -0.1) is 0 Å². The predicted octanol–water partition coefficient (Wildman–Crippen LogP) is 2.40. The van der Waals surface area contributed by atoms with Gasteiger partial charge < -0.3 is 15.0 Å². The number of carbonyl (C=O) groups excluding carboxylic acids is 1. The highest BCUT2D eigenvalue weighted by Crippen LogP contribution is 2.24. The Morgan fingerprint density at radius 1 is 1.45 bits per heavy atom. The van der Waals surface area contributed by atoms with Crippen molar-refractivity contribution in [3.63, 3.8) is 0 Å². The fourth-order valence-electron chi connectivity index (χ4n) is 2.78. The second-order valence-corrected chi connectivity index (χ2v) is 5.71. The number of benzene rings is 1. The summed E-state index contributed by atoms with van der Waals surface area (Å²) in [5.41, 5.74) is 1.92. The lowest BCUT2D eigenvalue weighted by atomic mass is 10.0. The van der Waals surface area contributed by atoms with Gasteiger partial charge in [-0.25, -0.2) is 0 Å². The molecule has 1 unspecified atom stereocenters. The molecule has 0 radical (unpaired) electrons. The Balaban J connectivity index is 1.61. The molecule has 3 rings (SSSR count). The fourth-order valence-corrected chi connectivity index (χ4v) is 2.78. The zero-order valence-corrected chi connectivity index (χ0v) is 11.7. The number of amides is 1. The Kier molecular flexibility index (Phi) is 3.49. The summed E-state index contributed by atoms with van der Waals surface area (Å²) < 4.78 is 5.68. The number of hydrogen-bond donors (Lipinski definition) is 2. The fraction of sp³-hybridized carbons (Fsp3) is 0.438. The molecule has 4 nitrogen and oxygen atoms in total. The van der Waals surface area contributed by atoms with Crippen molar-refractivity contribution in [2.75, 3.05) is 13.2 Å². The molecule has 1 aromatic heterocycles. The van der Waals surface area contributed by atoms with Crippen molar-refractivity contribution in [3.05, 3.63) is 36.0 Å². The van der Waals surface area contributed by atoms with E-state index in [1.807, 2.05) is 30.5 Å². The van der Waals surface area contributed by atoms with Gasteiger partial charge in [0.25, 0.3) is 0 Å². The third-order valence-electron chi connectivity index (χ3n) is 3.99. The van der Waals surface area contributed by atoms with Crippen molar-refractivity contribution in [1.82, 2.24) is 10.3 Å². The first-order valence-electron chi connectivity index (χ1n) is 7.12. The summed E-state index contributed by atoms with van der Waals surface area (Å²) in [5, 5.41) is 4.11. The van der Waals surface area contributed by atoms with Crippen molar-refractivity contribution in [2.24, 2.45) is 0 Å². The third kappa shape index (κ3) is 2.70. The van der Waals surface area contributed by atoms with Gasteiger partial charge in [-0.05, 0) is 31.4 Å². The van der Waals surface area contributed by atoms with Crippen LogP contribution in [0.2, 0.25) is 0 Å². The topological polar surface area (TPSA) is 54.1 Å². The Labute approximate surface area is 118 Å². The van der Waals surface area contributed by atoms with Crippen LogP contribution in [0, 0.1) is 0 Å². The van der Waals surface area contributed by atoms with E-state index in [-0.39, 0.29) is 11.5 Å². The summed E-state index contributed by atoms with van der Waals surface area (Å²) in [4.78, 5) is 15.3. The minimum atomic E-state index is -0.185. The zero-order chi connectivity index (χ0) is 14.0. The molecule has 0 saturated carbocycles. The van der Waals surface area contributed by atoms with Crippen LogP contribution in [-0.4, -0.2) is 29.6 Å². The zero-order valence-electron chi connectivity index (χ0n) is 11.7. The van der Waals surface area contributed by atoms with Crippen LogP contribution >= 0.6 is 0 Å². The van der Waals surface area contributed by atoms with E-state index in [1.165, 1.54) is 0 Å². The molecule has 1 saturated heterocycles. The first-order chi connectivity index (χ1) is 9.66. The average molecular weight is 272 g/mol. The lowest BCUT2D eigenvalue weighted by molar-refractivity contribution is -0.121. The Morgan fingerprint density at radius 3 is 3.10 bits per heavy atom. The van der Waals surface area contributed by atoms with Crippen LogP contribution in [0.15, 0.2) is 30.5 Å².